The fourth-order valence-electron chi connectivity index (χ4n) is 4.34. The first-order valence-corrected chi connectivity index (χ1v) is 9.95. The molecule has 0 aliphatic carbocycles. The van der Waals surface area contributed by atoms with Crippen molar-refractivity contribution in [2.75, 3.05) is 5.32 Å². The SMILES string of the molecule is O=C1NC(c2ccccc2)NC2=C1C(c1ccccc1)n1c(nc3ccccc31)N2. The number of carbonyl (C=O) groups excluding carboxylic acids is 1. The van der Waals surface area contributed by atoms with E-state index in [4.69, 9.17) is 4.98 Å². The largest absolute Gasteiger partial charge is 0.347 e. The number of hydrogen-bond acceptors (Lipinski definition) is 4. The van der Waals surface area contributed by atoms with Crippen LogP contribution in [0, 0.1) is 0 Å². The second-order valence-electron chi connectivity index (χ2n) is 7.48. The fraction of sp³-hybridized carbons (Fsp3) is 0.0833. The number of nitrogens with one attached hydrogen (secondary N) is 3. The predicted molar refractivity (Wildman–Crippen MR) is 115 cm³/mol. The van der Waals surface area contributed by atoms with Gasteiger partial charge in [-0.25, -0.2) is 4.98 Å². The standard InChI is InChI=1S/C24H19N5O/c30-23-19-20(15-9-3-1-4-10-15)29-18-14-8-7-13-17(18)25-24(29)28-22(19)26-21(27-23)16-11-5-2-6-12-16/h1-14,20-21,26H,(H,25,28)(H,27,30). The van der Waals surface area contributed by atoms with Crippen LogP contribution in [0.15, 0.2) is 96.3 Å². The van der Waals surface area contributed by atoms with Crippen LogP contribution in [0.5, 0.6) is 0 Å². The molecule has 146 valence electrons. The van der Waals surface area contributed by atoms with E-state index in [-0.39, 0.29) is 18.1 Å². The molecule has 2 atom stereocenters. The summed E-state index contributed by atoms with van der Waals surface area (Å²) in [6.45, 7) is 0. The molecule has 6 rings (SSSR count). The van der Waals surface area contributed by atoms with Crippen LogP contribution in [0.25, 0.3) is 11.0 Å². The molecule has 2 aliphatic rings. The second-order valence-corrected chi connectivity index (χ2v) is 7.48. The summed E-state index contributed by atoms with van der Waals surface area (Å²) in [6, 6.07) is 27.7. The number of amides is 1. The van der Waals surface area contributed by atoms with Gasteiger partial charge in [0.05, 0.1) is 22.6 Å². The average Bonchev–Trinajstić information content (AvgIpc) is 3.17. The second kappa shape index (κ2) is 6.49. The Morgan fingerprint density at radius 3 is 2.20 bits per heavy atom. The van der Waals surface area contributed by atoms with E-state index in [9.17, 15) is 4.79 Å². The van der Waals surface area contributed by atoms with Crippen molar-refractivity contribution in [2.45, 2.75) is 12.2 Å². The Hall–Kier alpha value is -4.06. The van der Waals surface area contributed by atoms with E-state index < -0.39 is 0 Å². The summed E-state index contributed by atoms with van der Waals surface area (Å²) in [5, 5.41) is 9.97. The van der Waals surface area contributed by atoms with Crippen LogP contribution < -0.4 is 16.0 Å². The molecule has 6 nitrogen and oxygen atoms in total. The van der Waals surface area contributed by atoms with Gasteiger partial charge in [0.15, 0.2) is 0 Å². The van der Waals surface area contributed by atoms with Gasteiger partial charge in [0.2, 0.25) is 5.95 Å². The number of imidazole rings is 1. The minimum atomic E-state index is -0.308. The van der Waals surface area contributed by atoms with Crippen molar-refractivity contribution >= 4 is 22.9 Å². The molecule has 0 saturated carbocycles. The van der Waals surface area contributed by atoms with Crippen molar-refractivity contribution in [1.82, 2.24) is 20.2 Å². The number of hydrogen-bond donors (Lipinski definition) is 3. The van der Waals surface area contributed by atoms with E-state index in [0.717, 1.165) is 28.1 Å². The van der Waals surface area contributed by atoms with Crippen molar-refractivity contribution in [3.05, 3.63) is 107 Å². The zero-order valence-electron chi connectivity index (χ0n) is 16.0. The molecule has 0 fully saturated rings. The van der Waals surface area contributed by atoms with Crippen molar-refractivity contribution in [3.63, 3.8) is 0 Å². The molecular formula is C24H19N5O. The molecule has 0 spiro atoms. The Kier molecular flexibility index (Phi) is 3.64. The van der Waals surface area contributed by atoms with Gasteiger partial charge in [-0.1, -0.05) is 72.8 Å². The lowest BCUT2D eigenvalue weighted by molar-refractivity contribution is -0.119. The molecule has 1 aromatic heterocycles. The molecule has 1 amide bonds. The minimum Gasteiger partial charge on any atom is -0.347 e. The number of para-hydroxylation sites is 2. The van der Waals surface area contributed by atoms with E-state index >= 15 is 0 Å². The predicted octanol–water partition coefficient (Wildman–Crippen LogP) is 3.68. The van der Waals surface area contributed by atoms with Crippen LogP contribution in [0.1, 0.15) is 23.3 Å². The number of fused-ring (bicyclic) bond motifs is 3. The molecule has 3 N–H and O–H groups in total. The van der Waals surface area contributed by atoms with Gasteiger partial charge in [0.1, 0.15) is 12.0 Å². The maximum absolute atomic E-state index is 13.4. The quantitative estimate of drug-likeness (QED) is 0.486. The van der Waals surface area contributed by atoms with Crippen molar-refractivity contribution in [1.29, 1.82) is 0 Å². The molecule has 2 aliphatic heterocycles. The van der Waals surface area contributed by atoms with Crippen LogP contribution in [0.2, 0.25) is 0 Å². The first-order valence-electron chi connectivity index (χ1n) is 9.95. The Morgan fingerprint density at radius 2 is 1.43 bits per heavy atom. The summed E-state index contributed by atoms with van der Waals surface area (Å²) in [6.07, 6.45) is -0.308. The van der Waals surface area contributed by atoms with E-state index in [1.165, 1.54) is 0 Å². The Morgan fingerprint density at radius 1 is 0.767 bits per heavy atom. The number of anilines is 1. The van der Waals surface area contributed by atoms with Gasteiger partial charge in [-0.05, 0) is 23.3 Å². The lowest BCUT2D eigenvalue weighted by atomic mass is 9.94. The Balaban J connectivity index is 1.54. The van der Waals surface area contributed by atoms with Gasteiger partial charge in [0.25, 0.3) is 5.91 Å². The zero-order chi connectivity index (χ0) is 20.1. The van der Waals surface area contributed by atoms with E-state index in [1.54, 1.807) is 0 Å². The Labute approximate surface area is 173 Å². The van der Waals surface area contributed by atoms with Gasteiger partial charge in [-0.3, -0.25) is 9.36 Å². The maximum atomic E-state index is 13.4. The van der Waals surface area contributed by atoms with Gasteiger partial charge in [0, 0.05) is 0 Å². The van der Waals surface area contributed by atoms with Gasteiger partial charge < -0.3 is 16.0 Å². The highest BCUT2D eigenvalue weighted by molar-refractivity contribution is 5.99. The maximum Gasteiger partial charge on any atom is 0.255 e. The fourth-order valence-corrected chi connectivity index (χ4v) is 4.34. The third kappa shape index (κ3) is 2.50. The van der Waals surface area contributed by atoms with Crippen molar-refractivity contribution in [2.24, 2.45) is 0 Å². The first kappa shape index (κ1) is 16.9. The summed E-state index contributed by atoms with van der Waals surface area (Å²) in [7, 11) is 0. The number of nitrogens with zero attached hydrogens (tertiary/aromatic N) is 2. The highest BCUT2D eigenvalue weighted by Crippen LogP contribution is 2.40. The number of aromatic nitrogens is 2. The molecule has 0 saturated heterocycles. The molecule has 3 heterocycles. The van der Waals surface area contributed by atoms with Gasteiger partial charge in [-0.15, -0.1) is 0 Å². The molecule has 30 heavy (non-hydrogen) atoms. The highest BCUT2D eigenvalue weighted by atomic mass is 16.2. The van der Waals surface area contributed by atoms with E-state index in [0.29, 0.717) is 11.4 Å². The molecule has 0 bridgehead atoms. The number of carbonyl (C=O) groups is 1. The zero-order valence-corrected chi connectivity index (χ0v) is 16.0. The van der Waals surface area contributed by atoms with Crippen LogP contribution in [0.4, 0.5) is 5.95 Å². The smallest absolute Gasteiger partial charge is 0.255 e. The van der Waals surface area contributed by atoms with Crippen molar-refractivity contribution < 1.29 is 4.79 Å². The number of benzene rings is 3. The van der Waals surface area contributed by atoms with Gasteiger partial charge in [-0.2, -0.15) is 0 Å². The molecule has 0 radical (unpaired) electrons. The van der Waals surface area contributed by atoms with Crippen LogP contribution in [-0.2, 0) is 4.79 Å². The van der Waals surface area contributed by atoms with E-state index in [1.807, 2.05) is 72.8 Å². The minimum absolute atomic E-state index is 0.0950. The normalized spacial score (nSPS) is 20.1. The molecule has 4 aromatic rings. The summed E-state index contributed by atoms with van der Waals surface area (Å²) >= 11 is 0. The third-order valence-corrected chi connectivity index (χ3v) is 5.69. The van der Waals surface area contributed by atoms with Crippen LogP contribution >= 0.6 is 0 Å². The lowest BCUT2D eigenvalue weighted by Gasteiger charge is -2.37. The summed E-state index contributed by atoms with van der Waals surface area (Å²) in [5.41, 5.74) is 4.56. The summed E-state index contributed by atoms with van der Waals surface area (Å²) in [4.78, 5) is 18.2. The molecule has 3 aromatic carbocycles. The first-order chi connectivity index (χ1) is 14.8. The molecule has 6 heteroatoms. The van der Waals surface area contributed by atoms with Crippen LogP contribution in [-0.4, -0.2) is 15.5 Å². The van der Waals surface area contributed by atoms with E-state index in [2.05, 4.69) is 32.7 Å². The van der Waals surface area contributed by atoms with Crippen LogP contribution in [0.3, 0.4) is 0 Å². The number of rotatable bonds is 2. The summed E-state index contributed by atoms with van der Waals surface area (Å²) < 4.78 is 2.10. The molecular weight excluding hydrogens is 374 g/mol. The summed E-state index contributed by atoms with van der Waals surface area (Å²) in [5.74, 6) is 1.32. The highest BCUT2D eigenvalue weighted by Gasteiger charge is 2.39. The third-order valence-electron chi connectivity index (χ3n) is 5.69. The molecule has 2 unspecified atom stereocenters. The topological polar surface area (TPSA) is 71.0 Å². The Bertz CT molecular complexity index is 1290. The lowest BCUT2D eigenvalue weighted by Crippen LogP contribution is -2.49. The van der Waals surface area contributed by atoms with Crippen molar-refractivity contribution in [3.8, 4) is 0 Å². The monoisotopic (exact) mass is 393 g/mol. The average molecular weight is 393 g/mol. The van der Waals surface area contributed by atoms with Gasteiger partial charge >= 0.3 is 0 Å².